The third-order valence-corrected chi connectivity index (χ3v) is 4.80. The topological polar surface area (TPSA) is 64.7 Å². The Morgan fingerprint density at radius 3 is 2.92 bits per heavy atom. The summed E-state index contributed by atoms with van der Waals surface area (Å²) in [5.74, 6) is 1.98. The van der Waals surface area contributed by atoms with E-state index >= 15 is 0 Å². The van der Waals surface area contributed by atoms with Gasteiger partial charge in [-0.15, -0.1) is 0 Å². The first kappa shape index (κ1) is 15.6. The predicted octanol–water partition coefficient (Wildman–Crippen LogP) is 2.57. The molecule has 0 saturated heterocycles. The number of hydrogen-bond acceptors (Lipinski definition) is 3. The first-order valence-electron chi connectivity index (χ1n) is 8.61. The van der Waals surface area contributed by atoms with E-state index in [-0.39, 0.29) is 11.9 Å². The molecule has 6 nitrogen and oxygen atoms in total. The van der Waals surface area contributed by atoms with E-state index in [1.165, 1.54) is 0 Å². The van der Waals surface area contributed by atoms with Gasteiger partial charge in [0.05, 0.1) is 5.69 Å². The minimum Gasteiger partial charge on any atom is -0.350 e. The predicted molar refractivity (Wildman–Crippen MR) is 94.3 cm³/mol. The van der Waals surface area contributed by atoms with Crippen molar-refractivity contribution in [2.75, 3.05) is 0 Å². The molecule has 3 heterocycles. The lowest BCUT2D eigenvalue weighted by Gasteiger charge is -2.24. The Bertz CT molecular complexity index is 895. The van der Waals surface area contributed by atoms with Crippen LogP contribution in [0.1, 0.15) is 36.1 Å². The molecule has 0 fully saturated rings. The van der Waals surface area contributed by atoms with Crippen molar-refractivity contribution in [2.24, 2.45) is 0 Å². The number of hydrogen-bond donors (Lipinski definition) is 1. The number of fused-ring (bicyclic) bond motifs is 1. The number of amides is 1. The van der Waals surface area contributed by atoms with Crippen LogP contribution in [0.3, 0.4) is 0 Å². The molecule has 0 spiro atoms. The van der Waals surface area contributed by atoms with Crippen molar-refractivity contribution < 1.29 is 4.79 Å². The van der Waals surface area contributed by atoms with Crippen LogP contribution in [0.25, 0.3) is 5.69 Å². The van der Waals surface area contributed by atoms with E-state index in [9.17, 15) is 4.79 Å². The zero-order chi connectivity index (χ0) is 17.2. The molecule has 0 saturated carbocycles. The fraction of sp³-hybridized carbons (Fsp3) is 0.316. The van der Waals surface area contributed by atoms with Gasteiger partial charge in [0.2, 0.25) is 5.91 Å². The van der Waals surface area contributed by atoms with Gasteiger partial charge in [-0.2, -0.15) is 0 Å². The van der Waals surface area contributed by atoms with Crippen LogP contribution in [0.15, 0.2) is 49.1 Å². The molecule has 0 bridgehead atoms. The number of benzene rings is 1. The lowest BCUT2D eigenvalue weighted by Crippen LogP contribution is -2.34. The lowest BCUT2D eigenvalue weighted by molar-refractivity contribution is -0.125. The molecule has 4 rings (SSSR count). The molecule has 0 aliphatic carbocycles. The number of carbonyl (C=O) groups excluding carboxylic acids is 1. The van der Waals surface area contributed by atoms with Crippen LogP contribution in [0.2, 0.25) is 0 Å². The second-order valence-electron chi connectivity index (χ2n) is 6.35. The van der Waals surface area contributed by atoms with Crippen molar-refractivity contribution in [2.45, 2.75) is 38.8 Å². The number of aromatic nitrogens is 4. The SMILES string of the molecule is Cc1nccn1-c1ccccc1CNC(=O)C1CCCc2nccn21. The van der Waals surface area contributed by atoms with Crippen LogP contribution in [0.5, 0.6) is 0 Å². The number of para-hydroxylation sites is 1. The first-order chi connectivity index (χ1) is 12.2. The van der Waals surface area contributed by atoms with Crippen molar-refractivity contribution in [3.05, 3.63) is 66.3 Å². The van der Waals surface area contributed by atoms with E-state index in [4.69, 9.17) is 0 Å². The van der Waals surface area contributed by atoms with Gasteiger partial charge in [0.25, 0.3) is 0 Å². The maximum absolute atomic E-state index is 12.7. The average molecular weight is 335 g/mol. The number of carbonyl (C=O) groups is 1. The summed E-state index contributed by atoms with van der Waals surface area (Å²) in [6.45, 7) is 2.46. The molecular weight excluding hydrogens is 314 g/mol. The molecule has 0 radical (unpaired) electrons. The normalized spacial score (nSPS) is 16.4. The summed E-state index contributed by atoms with van der Waals surface area (Å²) in [5, 5.41) is 3.10. The maximum atomic E-state index is 12.7. The van der Waals surface area contributed by atoms with Gasteiger partial charge in [0.15, 0.2) is 0 Å². The Morgan fingerprint density at radius 2 is 2.08 bits per heavy atom. The van der Waals surface area contributed by atoms with Gasteiger partial charge in [-0.25, -0.2) is 9.97 Å². The highest BCUT2D eigenvalue weighted by atomic mass is 16.2. The fourth-order valence-electron chi connectivity index (χ4n) is 3.50. The van der Waals surface area contributed by atoms with Crippen LogP contribution in [-0.4, -0.2) is 25.0 Å². The fourth-order valence-corrected chi connectivity index (χ4v) is 3.50. The Labute approximate surface area is 146 Å². The molecule has 1 aliphatic heterocycles. The summed E-state index contributed by atoms with van der Waals surface area (Å²) in [6.07, 6.45) is 10.2. The van der Waals surface area contributed by atoms with E-state index < -0.39 is 0 Å². The van der Waals surface area contributed by atoms with Gasteiger partial charge in [-0.1, -0.05) is 18.2 Å². The number of imidazole rings is 2. The van der Waals surface area contributed by atoms with Gasteiger partial charge in [-0.3, -0.25) is 4.79 Å². The van der Waals surface area contributed by atoms with Crippen LogP contribution >= 0.6 is 0 Å². The molecule has 1 N–H and O–H groups in total. The molecule has 128 valence electrons. The van der Waals surface area contributed by atoms with Crippen molar-refractivity contribution in [3.8, 4) is 5.69 Å². The summed E-state index contributed by atoms with van der Waals surface area (Å²) in [4.78, 5) is 21.3. The number of nitrogens with one attached hydrogen (secondary N) is 1. The quantitative estimate of drug-likeness (QED) is 0.797. The second-order valence-corrected chi connectivity index (χ2v) is 6.35. The van der Waals surface area contributed by atoms with Crippen LogP contribution in [-0.2, 0) is 17.8 Å². The van der Waals surface area contributed by atoms with E-state index in [1.807, 2.05) is 52.7 Å². The van der Waals surface area contributed by atoms with Crippen molar-refractivity contribution in [1.29, 1.82) is 0 Å². The summed E-state index contributed by atoms with van der Waals surface area (Å²) in [6, 6.07) is 7.92. The largest absolute Gasteiger partial charge is 0.350 e. The molecule has 6 heteroatoms. The van der Waals surface area contributed by atoms with E-state index in [0.29, 0.717) is 6.54 Å². The lowest BCUT2D eigenvalue weighted by atomic mass is 10.0. The van der Waals surface area contributed by atoms with Gasteiger partial charge in [0, 0.05) is 37.8 Å². The van der Waals surface area contributed by atoms with Crippen LogP contribution < -0.4 is 5.32 Å². The van der Waals surface area contributed by atoms with Gasteiger partial charge in [0.1, 0.15) is 17.7 Å². The zero-order valence-corrected chi connectivity index (χ0v) is 14.2. The highest BCUT2D eigenvalue weighted by Crippen LogP contribution is 2.24. The average Bonchev–Trinajstić information content (AvgIpc) is 3.28. The van der Waals surface area contributed by atoms with Crippen LogP contribution in [0, 0.1) is 6.92 Å². The zero-order valence-electron chi connectivity index (χ0n) is 14.2. The molecule has 3 aromatic rings. The summed E-state index contributed by atoms with van der Waals surface area (Å²) >= 11 is 0. The summed E-state index contributed by atoms with van der Waals surface area (Å²) < 4.78 is 4.04. The van der Waals surface area contributed by atoms with E-state index in [2.05, 4.69) is 15.3 Å². The van der Waals surface area contributed by atoms with Gasteiger partial charge < -0.3 is 14.5 Å². The number of rotatable bonds is 4. The molecular formula is C19H21N5O. The minimum atomic E-state index is -0.159. The Kier molecular flexibility index (Phi) is 4.09. The Balaban J connectivity index is 1.52. The number of aryl methyl sites for hydroxylation is 2. The highest BCUT2D eigenvalue weighted by molar-refractivity contribution is 5.80. The molecule has 1 unspecified atom stereocenters. The first-order valence-corrected chi connectivity index (χ1v) is 8.61. The van der Waals surface area contributed by atoms with E-state index in [0.717, 1.165) is 42.2 Å². The Morgan fingerprint density at radius 1 is 1.24 bits per heavy atom. The Hall–Kier alpha value is -2.89. The highest BCUT2D eigenvalue weighted by Gasteiger charge is 2.25. The summed E-state index contributed by atoms with van der Waals surface area (Å²) in [5.41, 5.74) is 2.11. The molecule has 1 atom stereocenters. The molecule has 1 aromatic carbocycles. The molecule has 2 aromatic heterocycles. The molecule has 25 heavy (non-hydrogen) atoms. The smallest absolute Gasteiger partial charge is 0.243 e. The third-order valence-electron chi connectivity index (χ3n) is 4.80. The maximum Gasteiger partial charge on any atom is 0.243 e. The van der Waals surface area contributed by atoms with Crippen molar-refractivity contribution in [1.82, 2.24) is 24.4 Å². The van der Waals surface area contributed by atoms with E-state index in [1.54, 1.807) is 12.4 Å². The van der Waals surface area contributed by atoms with Crippen LogP contribution in [0.4, 0.5) is 0 Å². The second kappa shape index (κ2) is 6.55. The van der Waals surface area contributed by atoms with Crippen molar-refractivity contribution in [3.63, 3.8) is 0 Å². The van der Waals surface area contributed by atoms with Crippen molar-refractivity contribution >= 4 is 5.91 Å². The molecule has 1 amide bonds. The minimum absolute atomic E-state index is 0.0520. The van der Waals surface area contributed by atoms with Gasteiger partial charge in [-0.05, 0) is 31.4 Å². The third kappa shape index (κ3) is 2.95. The standard InChI is InChI=1S/C19H21N5O/c1-14-20-9-11-23(14)16-6-3-2-5-15(16)13-22-19(25)17-7-4-8-18-21-10-12-24(17)18/h2-3,5-6,9-12,17H,4,7-8,13H2,1H3,(H,22,25). The monoisotopic (exact) mass is 335 g/mol. The van der Waals surface area contributed by atoms with Gasteiger partial charge >= 0.3 is 0 Å². The molecule has 1 aliphatic rings. The number of nitrogens with zero attached hydrogens (tertiary/aromatic N) is 4. The summed E-state index contributed by atoms with van der Waals surface area (Å²) in [7, 11) is 0.